The van der Waals surface area contributed by atoms with Crippen molar-refractivity contribution in [2.75, 3.05) is 19.7 Å². The number of benzene rings is 1. The molecule has 118 valence electrons. The number of aliphatic hydroxyl groups excluding tert-OH is 1. The van der Waals surface area contributed by atoms with Crippen LogP contribution in [0.2, 0.25) is 0 Å². The van der Waals surface area contributed by atoms with Gasteiger partial charge in [0.2, 0.25) is 0 Å². The number of nitrogens with one attached hydrogen (secondary N) is 1. The lowest BCUT2D eigenvalue weighted by molar-refractivity contribution is 0.0871. The minimum atomic E-state index is -0.785. The summed E-state index contributed by atoms with van der Waals surface area (Å²) < 4.78 is 11.3. The maximum Gasteiger partial charge on any atom is 0.172 e. The molecule has 6 nitrogen and oxygen atoms in total. The Hall–Kier alpha value is -1.96. The Labute approximate surface area is 131 Å². The molecule has 22 heavy (non-hydrogen) atoms. The number of aromatic hydroxyl groups is 2. The number of phenols is 2. The summed E-state index contributed by atoms with van der Waals surface area (Å²) >= 11 is 1.53. The second-order valence-electron chi connectivity index (χ2n) is 5.07. The van der Waals surface area contributed by atoms with E-state index in [9.17, 15) is 15.3 Å². The van der Waals surface area contributed by atoms with Gasteiger partial charge in [-0.3, -0.25) is 0 Å². The molecule has 0 bridgehead atoms. The lowest BCUT2D eigenvalue weighted by Gasteiger charge is -2.25. The standard InChI is InChI=1S/C15H17NO5S/c17-11-2-1-9(3-12(11)18)13(19)5-16-4-10-6-20-14-7-22-8-15(14)21-10/h1-3,7-8,10,13,16-19H,4-6H2. The fourth-order valence-corrected chi connectivity index (χ4v) is 2.88. The Balaban J connectivity index is 1.48. The van der Waals surface area contributed by atoms with Crippen LogP contribution < -0.4 is 14.8 Å². The topological polar surface area (TPSA) is 91.2 Å². The van der Waals surface area contributed by atoms with Gasteiger partial charge in [-0.05, 0) is 17.7 Å². The number of hydrogen-bond acceptors (Lipinski definition) is 7. The van der Waals surface area contributed by atoms with E-state index in [1.54, 1.807) is 6.07 Å². The third-order valence-corrected chi connectivity index (χ3v) is 4.11. The van der Waals surface area contributed by atoms with E-state index < -0.39 is 6.10 Å². The van der Waals surface area contributed by atoms with E-state index in [0.717, 1.165) is 11.5 Å². The minimum Gasteiger partial charge on any atom is -0.504 e. The van der Waals surface area contributed by atoms with Gasteiger partial charge >= 0.3 is 0 Å². The van der Waals surface area contributed by atoms with Gasteiger partial charge in [0, 0.05) is 23.8 Å². The Kier molecular flexibility index (Phi) is 4.37. The summed E-state index contributed by atoms with van der Waals surface area (Å²) in [4.78, 5) is 0. The third-order valence-electron chi connectivity index (χ3n) is 3.41. The van der Waals surface area contributed by atoms with Crippen molar-refractivity contribution in [2.45, 2.75) is 12.2 Å². The largest absolute Gasteiger partial charge is 0.504 e. The number of ether oxygens (including phenoxy) is 2. The van der Waals surface area contributed by atoms with Crippen LogP contribution in [0, 0.1) is 0 Å². The van der Waals surface area contributed by atoms with Crippen LogP contribution >= 0.6 is 11.3 Å². The maximum absolute atomic E-state index is 10.1. The van der Waals surface area contributed by atoms with Gasteiger partial charge < -0.3 is 30.1 Å². The highest BCUT2D eigenvalue weighted by Gasteiger charge is 2.21. The van der Waals surface area contributed by atoms with Gasteiger partial charge in [0.05, 0.1) is 6.10 Å². The Morgan fingerprint density at radius 2 is 2.05 bits per heavy atom. The summed E-state index contributed by atoms with van der Waals surface area (Å²) in [6.45, 7) is 1.31. The van der Waals surface area contributed by atoms with E-state index in [0.29, 0.717) is 25.3 Å². The average molecular weight is 323 g/mol. The predicted octanol–water partition coefficient (Wildman–Crippen LogP) is 1.62. The molecule has 4 N–H and O–H groups in total. The number of aliphatic hydroxyl groups is 1. The van der Waals surface area contributed by atoms with E-state index in [-0.39, 0.29) is 17.6 Å². The van der Waals surface area contributed by atoms with E-state index in [2.05, 4.69) is 5.32 Å². The molecule has 0 spiro atoms. The summed E-state index contributed by atoms with van der Waals surface area (Å²) in [6.07, 6.45) is -0.893. The van der Waals surface area contributed by atoms with Crippen LogP contribution in [-0.4, -0.2) is 41.1 Å². The lowest BCUT2D eigenvalue weighted by atomic mass is 10.1. The molecule has 2 atom stereocenters. The first-order valence-electron chi connectivity index (χ1n) is 6.90. The Bertz CT molecular complexity index is 645. The van der Waals surface area contributed by atoms with Crippen LogP contribution in [0.1, 0.15) is 11.7 Å². The monoisotopic (exact) mass is 323 g/mol. The molecule has 1 aromatic heterocycles. The number of hydrogen-bond donors (Lipinski definition) is 4. The van der Waals surface area contributed by atoms with Gasteiger partial charge in [0.15, 0.2) is 23.0 Å². The average Bonchev–Trinajstić information content (AvgIpc) is 2.97. The van der Waals surface area contributed by atoms with Crippen LogP contribution in [-0.2, 0) is 0 Å². The highest BCUT2D eigenvalue weighted by atomic mass is 32.1. The third kappa shape index (κ3) is 3.27. The summed E-state index contributed by atoms with van der Waals surface area (Å²) in [5, 5.41) is 35.7. The molecule has 0 amide bonds. The van der Waals surface area contributed by atoms with Gasteiger partial charge in [-0.25, -0.2) is 0 Å². The molecule has 2 aromatic rings. The SMILES string of the molecule is Oc1ccc(C(O)CNCC2COc3cscc3O2)cc1O. The molecule has 1 aliphatic heterocycles. The lowest BCUT2D eigenvalue weighted by Crippen LogP contribution is -2.39. The van der Waals surface area contributed by atoms with E-state index in [1.807, 2.05) is 10.8 Å². The second kappa shape index (κ2) is 6.43. The molecule has 0 saturated carbocycles. The van der Waals surface area contributed by atoms with Crippen molar-refractivity contribution in [1.29, 1.82) is 0 Å². The zero-order valence-electron chi connectivity index (χ0n) is 11.7. The molecular weight excluding hydrogens is 306 g/mol. The van der Waals surface area contributed by atoms with Crippen LogP contribution in [0.5, 0.6) is 23.0 Å². The summed E-state index contributed by atoms with van der Waals surface area (Å²) in [6, 6.07) is 4.27. The fourth-order valence-electron chi connectivity index (χ4n) is 2.21. The zero-order chi connectivity index (χ0) is 15.5. The molecule has 2 unspecified atom stereocenters. The first kappa shape index (κ1) is 15.0. The van der Waals surface area contributed by atoms with Crippen molar-refractivity contribution < 1.29 is 24.8 Å². The van der Waals surface area contributed by atoms with Crippen molar-refractivity contribution in [1.82, 2.24) is 5.32 Å². The molecular formula is C15H17NO5S. The number of rotatable bonds is 5. The molecule has 0 fully saturated rings. The van der Waals surface area contributed by atoms with Gasteiger partial charge in [0.25, 0.3) is 0 Å². The van der Waals surface area contributed by atoms with Gasteiger partial charge in [-0.15, -0.1) is 11.3 Å². The molecule has 0 radical (unpaired) electrons. The van der Waals surface area contributed by atoms with E-state index in [4.69, 9.17) is 9.47 Å². The Morgan fingerprint density at radius 3 is 2.86 bits per heavy atom. The zero-order valence-corrected chi connectivity index (χ0v) is 12.5. The van der Waals surface area contributed by atoms with Crippen molar-refractivity contribution in [3.63, 3.8) is 0 Å². The maximum atomic E-state index is 10.1. The highest BCUT2D eigenvalue weighted by molar-refractivity contribution is 7.08. The van der Waals surface area contributed by atoms with Crippen LogP contribution in [0.3, 0.4) is 0 Å². The smallest absolute Gasteiger partial charge is 0.172 e. The van der Waals surface area contributed by atoms with Crippen LogP contribution in [0.25, 0.3) is 0 Å². The molecule has 0 saturated heterocycles. The van der Waals surface area contributed by atoms with Crippen LogP contribution in [0.4, 0.5) is 0 Å². The summed E-state index contributed by atoms with van der Waals surface area (Å²) in [7, 11) is 0. The number of phenolic OH excluding ortho intramolecular Hbond substituents is 2. The van der Waals surface area contributed by atoms with Crippen molar-refractivity contribution in [2.24, 2.45) is 0 Å². The van der Waals surface area contributed by atoms with Gasteiger partial charge in [0.1, 0.15) is 12.7 Å². The number of fused-ring (bicyclic) bond motifs is 1. The molecule has 1 aromatic carbocycles. The molecule has 1 aliphatic rings. The quantitative estimate of drug-likeness (QED) is 0.625. The van der Waals surface area contributed by atoms with E-state index in [1.165, 1.54) is 23.5 Å². The van der Waals surface area contributed by atoms with Crippen molar-refractivity contribution in [3.8, 4) is 23.0 Å². The highest BCUT2D eigenvalue weighted by Crippen LogP contribution is 2.35. The molecule has 3 rings (SSSR count). The van der Waals surface area contributed by atoms with Crippen LogP contribution in [0.15, 0.2) is 29.0 Å². The molecule has 2 heterocycles. The Morgan fingerprint density at radius 1 is 1.23 bits per heavy atom. The fraction of sp³-hybridized carbons (Fsp3) is 0.333. The van der Waals surface area contributed by atoms with Gasteiger partial charge in [-0.2, -0.15) is 0 Å². The first-order valence-corrected chi connectivity index (χ1v) is 7.84. The van der Waals surface area contributed by atoms with Crippen molar-refractivity contribution in [3.05, 3.63) is 34.5 Å². The first-order chi connectivity index (χ1) is 10.6. The normalized spacial score (nSPS) is 18.1. The van der Waals surface area contributed by atoms with Gasteiger partial charge in [-0.1, -0.05) is 6.07 Å². The summed E-state index contributed by atoms with van der Waals surface area (Å²) in [5.41, 5.74) is 0.531. The van der Waals surface area contributed by atoms with Crippen molar-refractivity contribution >= 4 is 11.3 Å². The summed E-state index contributed by atoms with van der Waals surface area (Å²) in [5.74, 6) is 1.08. The molecule has 0 aliphatic carbocycles. The van der Waals surface area contributed by atoms with E-state index >= 15 is 0 Å². The second-order valence-corrected chi connectivity index (χ2v) is 5.82. The minimum absolute atomic E-state index is 0.109. The predicted molar refractivity (Wildman–Crippen MR) is 81.8 cm³/mol. The molecule has 7 heteroatoms. The number of thiophene rings is 1.